The molecule has 0 atom stereocenters. The summed E-state index contributed by atoms with van der Waals surface area (Å²) in [5, 5.41) is 4.29. The summed E-state index contributed by atoms with van der Waals surface area (Å²) in [4.78, 5) is 37.4. The van der Waals surface area contributed by atoms with Gasteiger partial charge in [-0.25, -0.2) is 9.36 Å². The number of rotatable bonds is 4. The Bertz CT molecular complexity index is 1300. The van der Waals surface area contributed by atoms with Gasteiger partial charge >= 0.3 is 0 Å². The standard InChI is InChI=1S/C21H15N7O2/c1-23-15-4-6-19(25-11-15)27(2)21(30)13-7-8-28-18(9-13)16(12-26-28)17-5-3-14(10-24-17)20(22)29/h3-12H,2H3,(H2,22,29). The van der Waals surface area contributed by atoms with Crippen LogP contribution in [0, 0.1) is 6.57 Å². The van der Waals surface area contributed by atoms with E-state index in [9.17, 15) is 9.59 Å². The van der Waals surface area contributed by atoms with E-state index in [2.05, 4.69) is 19.9 Å². The number of nitrogens with two attached hydrogens (primary N) is 1. The lowest BCUT2D eigenvalue weighted by atomic mass is 10.1. The summed E-state index contributed by atoms with van der Waals surface area (Å²) in [7, 11) is 1.62. The van der Waals surface area contributed by atoms with Crippen LogP contribution in [0.2, 0.25) is 0 Å². The number of nitrogens with zero attached hydrogens (tertiary/aromatic N) is 6. The van der Waals surface area contributed by atoms with Gasteiger partial charge in [0.05, 0.1) is 29.5 Å². The van der Waals surface area contributed by atoms with Crippen LogP contribution in [0.1, 0.15) is 20.7 Å². The lowest BCUT2D eigenvalue weighted by Crippen LogP contribution is -2.27. The highest BCUT2D eigenvalue weighted by Gasteiger charge is 2.17. The molecule has 0 aliphatic rings. The summed E-state index contributed by atoms with van der Waals surface area (Å²) >= 11 is 0. The Morgan fingerprint density at radius 1 is 1.07 bits per heavy atom. The highest BCUT2D eigenvalue weighted by atomic mass is 16.2. The second-order valence-electron chi connectivity index (χ2n) is 6.45. The molecule has 0 radical (unpaired) electrons. The van der Waals surface area contributed by atoms with Crippen molar-refractivity contribution in [2.24, 2.45) is 5.73 Å². The molecule has 0 saturated heterocycles. The predicted molar refractivity (Wildman–Crippen MR) is 110 cm³/mol. The summed E-state index contributed by atoms with van der Waals surface area (Å²) in [6.07, 6.45) is 6.16. The van der Waals surface area contributed by atoms with Crippen LogP contribution in [0.15, 0.2) is 61.2 Å². The molecule has 4 rings (SSSR count). The third kappa shape index (κ3) is 3.33. The zero-order chi connectivity index (χ0) is 21.3. The van der Waals surface area contributed by atoms with Crippen molar-refractivity contribution in [2.75, 3.05) is 11.9 Å². The minimum Gasteiger partial charge on any atom is -0.366 e. The van der Waals surface area contributed by atoms with Crippen molar-refractivity contribution >= 4 is 28.8 Å². The SMILES string of the molecule is [C-]#[N+]c1ccc(N(C)C(=O)c2ccn3ncc(-c4ccc(C(N)=O)cn4)c3c2)nc1. The largest absolute Gasteiger partial charge is 0.366 e. The van der Waals surface area contributed by atoms with Gasteiger partial charge in [0.1, 0.15) is 5.82 Å². The zero-order valence-corrected chi connectivity index (χ0v) is 15.9. The molecule has 0 unspecified atom stereocenters. The van der Waals surface area contributed by atoms with E-state index in [1.807, 2.05) is 0 Å². The molecule has 0 spiro atoms. The van der Waals surface area contributed by atoms with E-state index in [-0.39, 0.29) is 5.91 Å². The van der Waals surface area contributed by atoms with Crippen molar-refractivity contribution in [3.05, 3.63) is 83.7 Å². The Labute approximate surface area is 171 Å². The molecule has 9 nitrogen and oxygen atoms in total. The van der Waals surface area contributed by atoms with Gasteiger partial charge in [0.25, 0.3) is 5.91 Å². The smallest absolute Gasteiger partial charge is 0.259 e. The number of primary amides is 1. The Morgan fingerprint density at radius 2 is 1.90 bits per heavy atom. The van der Waals surface area contributed by atoms with Crippen molar-refractivity contribution < 1.29 is 9.59 Å². The van der Waals surface area contributed by atoms with Crippen LogP contribution in [0.4, 0.5) is 11.5 Å². The molecule has 0 bridgehead atoms. The van der Waals surface area contributed by atoms with Crippen LogP contribution >= 0.6 is 0 Å². The summed E-state index contributed by atoms with van der Waals surface area (Å²) in [5.74, 6) is -0.377. The first-order chi connectivity index (χ1) is 14.5. The average molecular weight is 397 g/mol. The van der Waals surface area contributed by atoms with Crippen LogP contribution in [-0.2, 0) is 0 Å². The lowest BCUT2D eigenvalue weighted by molar-refractivity contribution is 0.0987. The Balaban J connectivity index is 1.68. The monoisotopic (exact) mass is 397 g/mol. The number of carbonyl (C=O) groups is 2. The van der Waals surface area contributed by atoms with E-state index in [0.717, 1.165) is 0 Å². The average Bonchev–Trinajstić information content (AvgIpc) is 3.21. The molecule has 0 fully saturated rings. The molecule has 2 N–H and O–H groups in total. The maximum absolute atomic E-state index is 13.0. The van der Waals surface area contributed by atoms with Gasteiger partial charge in [-0.1, -0.05) is 6.07 Å². The van der Waals surface area contributed by atoms with Gasteiger partial charge in [-0.15, -0.1) is 0 Å². The topological polar surface area (TPSA) is 111 Å². The first-order valence-electron chi connectivity index (χ1n) is 8.83. The molecule has 0 saturated carbocycles. The fraction of sp³-hybridized carbons (Fsp3) is 0.0476. The van der Waals surface area contributed by atoms with E-state index < -0.39 is 5.91 Å². The van der Waals surface area contributed by atoms with Crippen molar-refractivity contribution in [3.63, 3.8) is 0 Å². The number of amides is 2. The second-order valence-corrected chi connectivity index (χ2v) is 6.45. The van der Waals surface area contributed by atoms with Crippen molar-refractivity contribution in [3.8, 4) is 11.3 Å². The third-order valence-corrected chi connectivity index (χ3v) is 4.60. The van der Waals surface area contributed by atoms with E-state index in [1.165, 1.54) is 17.3 Å². The normalized spacial score (nSPS) is 10.5. The number of pyridine rings is 3. The highest BCUT2D eigenvalue weighted by molar-refractivity contribution is 6.06. The van der Waals surface area contributed by atoms with Crippen LogP contribution in [0.25, 0.3) is 21.6 Å². The summed E-state index contributed by atoms with van der Waals surface area (Å²) < 4.78 is 1.64. The molecule has 9 heteroatoms. The molecular formula is C21H15N7O2. The number of fused-ring (bicyclic) bond motifs is 1. The van der Waals surface area contributed by atoms with E-state index in [1.54, 1.807) is 60.4 Å². The Hall–Kier alpha value is -4.58. The molecule has 0 aliphatic heterocycles. The molecular weight excluding hydrogens is 382 g/mol. The van der Waals surface area contributed by atoms with E-state index >= 15 is 0 Å². The maximum Gasteiger partial charge on any atom is 0.259 e. The van der Waals surface area contributed by atoms with Gasteiger partial charge in [-0.2, -0.15) is 5.10 Å². The van der Waals surface area contributed by atoms with Gasteiger partial charge in [0.2, 0.25) is 11.6 Å². The van der Waals surface area contributed by atoms with Crippen molar-refractivity contribution in [2.45, 2.75) is 0 Å². The molecule has 4 aromatic rings. The number of aromatic nitrogens is 4. The Kier molecular flexibility index (Phi) is 4.66. The maximum atomic E-state index is 13.0. The Morgan fingerprint density at radius 3 is 2.53 bits per heavy atom. The van der Waals surface area contributed by atoms with Gasteiger partial charge < -0.3 is 5.73 Å². The van der Waals surface area contributed by atoms with Gasteiger partial charge in [-0.3, -0.25) is 24.5 Å². The van der Waals surface area contributed by atoms with Crippen LogP contribution in [0.3, 0.4) is 0 Å². The number of hydrogen-bond acceptors (Lipinski definition) is 5. The lowest BCUT2D eigenvalue weighted by Gasteiger charge is -2.16. The number of anilines is 1. The highest BCUT2D eigenvalue weighted by Crippen LogP contribution is 2.24. The molecule has 0 aromatic carbocycles. The first-order valence-corrected chi connectivity index (χ1v) is 8.83. The quantitative estimate of drug-likeness (QED) is 0.532. The second kappa shape index (κ2) is 7.44. The van der Waals surface area contributed by atoms with Crippen molar-refractivity contribution in [1.82, 2.24) is 19.6 Å². The molecule has 4 aromatic heterocycles. The van der Waals surface area contributed by atoms with Crippen LogP contribution in [0.5, 0.6) is 0 Å². The molecule has 146 valence electrons. The minimum atomic E-state index is -0.553. The van der Waals surface area contributed by atoms with Crippen LogP contribution < -0.4 is 10.6 Å². The minimum absolute atomic E-state index is 0.259. The fourth-order valence-corrected chi connectivity index (χ4v) is 2.95. The summed E-state index contributed by atoms with van der Waals surface area (Å²) in [5.41, 5.74) is 8.41. The molecule has 30 heavy (non-hydrogen) atoms. The summed E-state index contributed by atoms with van der Waals surface area (Å²) in [6, 6.07) is 9.89. The van der Waals surface area contributed by atoms with Crippen LogP contribution in [-0.4, -0.2) is 38.4 Å². The number of hydrogen-bond donors (Lipinski definition) is 1. The summed E-state index contributed by atoms with van der Waals surface area (Å²) in [6.45, 7) is 6.99. The van der Waals surface area contributed by atoms with Gasteiger partial charge in [0.15, 0.2) is 0 Å². The number of carbonyl (C=O) groups excluding carboxylic acids is 2. The molecule has 4 heterocycles. The third-order valence-electron chi connectivity index (χ3n) is 4.60. The van der Waals surface area contributed by atoms with Gasteiger partial charge in [0, 0.05) is 36.8 Å². The zero-order valence-electron chi connectivity index (χ0n) is 15.9. The van der Waals surface area contributed by atoms with E-state index in [4.69, 9.17) is 12.3 Å². The molecule has 0 aliphatic carbocycles. The van der Waals surface area contributed by atoms with Gasteiger partial charge in [-0.05, 0) is 30.3 Å². The van der Waals surface area contributed by atoms with E-state index in [0.29, 0.717) is 39.4 Å². The fourth-order valence-electron chi connectivity index (χ4n) is 2.95. The molecule has 2 amide bonds. The van der Waals surface area contributed by atoms with Crippen molar-refractivity contribution in [1.29, 1.82) is 0 Å². The predicted octanol–water partition coefficient (Wildman–Crippen LogP) is 2.72. The first kappa shape index (κ1) is 18.8.